The van der Waals surface area contributed by atoms with Crippen LogP contribution in [-0.2, 0) is 11.3 Å². The Balaban J connectivity index is 1.78. The Labute approximate surface area is 174 Å². The van der Waals surface area contributed by atoms with Crippen molar-refractivity contribution in [2.24, 2.45) is 5.92 Å². The number of anilines is 1. The topological polar surface area (TPSA) is 64.0 Å². The van der Waals surface area contributed by atoms with Gasteiger partial charge in [-0.1, -0.05) is 48.8 Å². The van der Waals surface area contributed by atoms with Gasteiger partial charge in [-0.05, 0) is 35.6 Å². The number of benzene rings is 1. The maximum absolute atomic E-state index is 12.7. The highest BCUT2D eigenvalue weighted by Crippen LogP contribution is 2.26. The summed E-state index contributed by atoms with van der Waals surface area (Å²) in [6, 6.07) is 6.72. The van der Waals surface area contributed by atoms with Crippen LogP contribution in [0.4, 0.5) is 5.69 Å². The molecule has 0 fully saturated rings. The van der Waals surface area contributed by atoms with E-state index in [2.05, 4.69) is 10.3 Å². The Morgan fingerprint density at radius 1 is 1.30 bits per heavy atom. The molecule has 3 aromatic rings. The standard InChI is InChI=1S/C18H17Cl2N3O2S2/c1-10(2)8-23-17(25)16-14(5-6-26-16)22-18(23)27-9-15(24)21-11-3-4-12(19)13(20)7-11/h3-7,10H,8-9H2,1-2H3,(H,21,24). The van der Waals surface area contributed by atoms with Crippen LogP contribution in [0.25, 0.3) is 10.2 Å². The van der Waals surface area contributed by atoms with Crippen molar-refractivity contribution in [3.63, 3.8) is 0 Å². The second-order valence-corrected chi connectivity index (χ2v) is 8.98. The molecule has 0 unspecified atom stereocenters. The molecule has 1 amide bonds. The number of hydrogen-bond donors (Lipinski definition) is 1. The van der Waals surface area contributed by atoms with Crippen molar-refractivity contribution in [3.8, 4) is 0 Å². The lowest BCUT2D eigenvalue weighted by Crippen LogP contribution is -2.25. The first kappa shape index (κ1) is 20.2. The summed E-state index contributed by atoms with van der Waals surface area (Å²) < 4.78 is 2.29. The van der Waals surface area contributed by atoms with Crippen molar-refractivity contribution in [2.45, 2.75) is 25.5 Å². The molecule has 2 heterocycles. The molecule has 9 heteroatoms. The fraction of sp³-hybridized carbons (Fsp3) is 0.278. The highest BCUT2D eigenvalue weighted by Gasteiger charge is 2.15. The molecule has 3 rings (SSSR count). The molecule has 0 saturated heterocycles. The van der Waals surface area contributed by atoms with Crippen molar-refractivity contribution in [1.82, 2.24) is 9.55 Å². The summed E-state index contributed by atoms with van der Waals surface area (Å²) >= 11 is 14.5. The maximum atomic E-state index is 12.7. The van der Waals surface area contributed by atoms with Crippen LogP contribution in [0.1, 0.15) is 13.8 Å². The van der Waals surface area contributed by atoms with E-state index in [9.17, 15) is 9.59 Å². The summed E-state index contributed by atoms with van der Waals surface area (Å²) in [6.07, 6.45) is 0. The minimum absolute atomic E-state index is 0.0592. The molecule has 0 bridgehead atoms. The summed E-state index contributed by atoms with van der Waals surface area (Å²) in [7, 11) is 0. The lowest BCUT2D eigenvalue weighted by Gasteiger charge is -2.14. The third-order valence-corrected chi connectivity index (χ3v) is 6.22. The van der Waals surface area contributed by atoms with Crippen LogP contribution in [0.15, 0.2) is 39.6 Å². The fourth-order valence-electron chi connectivity index (χ4n) is 2.46. The van der Waals surface area contributed by atoms with Crippen molar-refractivity contribution >= 4 is 68.1 Å². The number of amides is 1. The van der Waals surface area contributed by atoms with Gasteiger partial charge in [0, 0.05) is 12.2 Å². The lowest BCUT2D eigenvalue weighted by atomic mass is 10.2. The van der Waals surface area contributed by atoms with Crippen LogP contribution in [-0.4, -0.2) is 21.2 Å². The number of carbonyl (C=O) groups excluding carboxylic acids is 1. The quantitative estimate of drug-likeness (QED) is 0.424. The van der Waals surface area contributed by atoms with E-state index in [-0.39, 0.29) is 23.1 Å². The van der Waals surface area contributed by atoms with E-state index in [1.54, 1.807) is 22.8 Å². The van der Waals surface area contributed by atoms with E-state index in [1.165, 1.54) is 23.1 Å². The number of carbonyl (C=O) groups is 1. The van der Waals surface area contributed by atoms with Crippen LogP contribution < -0.4 is 10.9 Å². The second kappa shape index (κ2) is 8.65. The van der Waals surface area contributed by atoms with Gasteiger partial charge in [0.15, 0.2) is 5.16 Å². The summed E-state index contributed by atoms with van der Waals surface area (Å²) in [4.78, 5) is 29.6. The predicted molar refractivity (Wildman–Crippen MR) is 115 cm³/mol. The van der Waals surface area contributed by atoms with Gasteiger partial charge in [0.05, 0.1) is 21.3 Å². The zero-order chi connectivity index (χ0) is 19.6. The minimum atomic E-state index is -0.214. The Bertz CT molecular complexity index is 1050. The molecule has 2 aromatic heterocycles. The van der Waals surface area contributed by atoms with Crippen molar-refractivity contribution in [1.29, 1.82) is 0 Å². The number of hydrogen-bond acceptors (Lipinski definition) is 5. The van der Waals surface area contributed by atoms with E-state index in [4.69, 9.17) is 23.2 Å². The van der Waals surface area contributed by atoms with Crippen molar-refractivity contribution in [2.75, 3.05) is 11.1 Å². The number of nitrogens with one attached hydrogen (secondary N) is 1. The molecule has 0 aliphatic carbocycles. The van der Waals surface area contributed by atoms with Gasteiger partial charge >= 0.3 is 0 Å². The number of halogens is 2. The second-order valence-electron chi connectivity index (χ2n) is 6.30. The number of rotatable bonds is 6. The van der Waals surface area contributed by atoms with E-state index < -0.39 is 0 Å². The third-order valence-electron chi connectivity index (χ3n) is 3.61. The van der Waals surface area contributed by atoms with E-state index in [0.29, 0.717) is 37.7 Å². The van der Waals surface area contributed by atoms with Gasteiger partial charge in [0.25, 0.3) is 5.56 Å². The molecule has 0 aliphatic rings. The van der Waals surface area contributed by atoms with Crippen molar-refractivity contribution < 1.29 is 4.79 Å². The molecule has 5 nitrogen and oxygen atoms in total. The molecule has 142 valence electrons. The molecular weight excluding hydrogens is 425 g/mol. The van der Waals surface area contributed by atoms with Gasteiger partial charge in [-0.15, -0.1) is 11.3 Å². The average molecular weight is 442 g/mol. The van der Waals surface area contributed by atoms with Crippen LogP contribution in [0, 0.1) is 5.92 Å². The first-order valence-corrected chi connectivity index (χ1v) is 10.8. The predicted octanol–water partition coefficient (Wildman–Crippen LogP) is 5.15. The summed E-state index contributed by atoms with van der Waals surface area (Å²) in [5.41, 5.74) is 1.17. The Kier molecular flexibility index (Phi) is 6.47. The third kappa shape index (κ3) is 4.85. The minimum Gasteiger partial charge on any atom is -0.325 e. The monoisotopic (exact) mass is 441 g/mol. The van der Waals surface area contributed by atoms with Gasteiger partial charge in [-0.2, -0.15) is 0 Å². The molecule has 0 spiro atoms. The Hall–Kier alpha value is -1.54. The first-order valence-electron chi connectivity index (χ1n) is 8.21. The number of thiophene rings is 1. The molecule has 27 heavy (non-hydrogen) atoms. The van der Waals surface area contributed by atoms with Crippen molar-refractivity contribution in [3.05, 3.63) is 50.0 Å². The molecular formula is C18H17Cl2N3O2S2. The molecule has 1 aromatic carbocycles. The number of aromatic nitrogens is 2. The lowest BCUT2D eigenvalue weighted by molar-refractivity contribution is -0.113. The van der Waals surface area contributed by atoms with E-state index >= 15 is 0 Å². The van der Waals surface area contributed by atoms with Crippen LogP contribution in [0.2, 0.25) is 10.0 Å². The maximum Gasteiger partial charge on any atom is 0.272 e. The SMILES string of the molecule is CC(C)Cn1c(SCC(=O)Nc2ccc(Cl)c(Cl)c2)nc2ccsc2c1=O. The highest BCUT2D eigenvalue weighted by atomic mass is 35.5. The Morgan fingerprint density at radius 2 is 2.07 bits per heavy atom. The van der Waals surface area contributed by atoms with Gasteiger partial charge in [-0.25, -0.2) is 4.98 Å². The van der Waals surface area contributed by atoms with Gasteiger partial charge in [0.2, 0.25) is 5.91 Å². The summed E-state index contributed by atoms with van der Waals surface area (Å²) in [5, 5.41) is 5.97. The Morgan fingerprint density at radius 3 is 2.78 bits per heavy atom. The van der Waals surface area contributed by atoms with Crippen LogP contribution in [0.5, 0.6) is 0 Å². The fourth-order valence-corrected chi connectivity index (χ4v) is 4.35. The average Bonchev–Trinajstić information content (AvgIpc) is 3.07. The van der Waals surface area contributed by atoms with Gasteiger partial charge < -0.3 is 5.32 Å². The van der Waals surface area contributed by atoms with Gasteiger partial charge in [0.1, 0.15) is 4.70 Å². The first-order chi connectivity index (χ1) is 12.8. The number of thioether (sulfide) groups is 1. The number of nitrogens with zero attached hydrogens (tertiary/aromatic N) is 2. The molecule has 0 aliphatic heterocycles. The molecule has 0 saturated carbocycles. The zero-order valence-electron chi connectivity index (χ0n) is 14.7. The number of fused-ring (bicyclic) bond motifs is 1. The molecule has 0 radical (unpaired) electrons. The molecule has 1 N–H and O–H groups in total. The van der Waals surface area contributed by atoms with Crippen LogP contribution in [0.3, 0.4) is 0 Å². The zero-order valence-corrected chi connectivity index (χ0v) is 17.8. The van der Waals surface area contributed by atoms with E-state index in [0.717, 1.165) is 0 Å². The summed E-state index contributed by atoms with van der Waals surface area (Å²) in [5.74, 6) is 0.195. The summed E-state index contributed by atoms with van der Waals surface area (Å²) in [6.45, 7) is 4.63. The van der Waals surface area contributed by atoms with E-state index in [1.807, 2.05) is 25.3 Å². The molecule has 0 atom stereocenters. The largest absolute Gasteiger partial charge is 0.325 e. The van der Waals surface area contributed by atoms with Gasteiger partial charge in [-0.3, -0.25) is 14.2 Å². The highest BCUT2D eigenvalue weighted by molar-refractivity contribution is 7.99. The smallest absolute Gasteiger partial charge is 0.272 e. The normalized spacial score (nSPS) is 11.3. The van der Waals surface area contributed by atoms with Crippen LogP contribution >= 0.6 is 46.3 Å².